The smallest absolute Gasteiger partial charge is 0.328 e. The molecule has 4 rings (SSSR count). The van der Waals surface area contributed by atoms with Crippen molar-refractivity contribution in [3.8, 4) is 0 Å². The monoisotopic (exact) mass is 611 g/mol. The molecule has 8 N–H and O–H groups in total. The van der Waals surface area contributed by atoms with Gasteiger partial charge >= 0.3 is 5.97 Å². The first-order chi connectivity index (χ1) is 21.0. The number of esters is 1. The van der Waals surface area contributed by atoms with Gasteiger partial charge in [0.2, 0.25) is 17.7 Å². The summed E-state index contributed by atoms with van der Waals surface area (Å²) in [7, 11) is 0. The molecular weight excluding hydrogens is 566 g/mol. The predicted molar refractivity (Wildman–Crippen MR) is 165 cm³/mol. The minimum atomic E-state index is -1.05. The molecule has 2 saturated heterocycles. The van der Waals surface area contributed by atoms with Gasteiger partial charge in [0.15, 0.2) is 5.96 Å². The average Bonchev–Trinajstić information content (AvgIpc) is 3.56. The third-order valence-electron chi connectivity index (χ3n) is 8.15. The number of aliphatic hydroxyl groups is 1. The molecule has 2 aromatic rings. The first-order valence-electron chi connectivity index (χ1n) is 15.4. The Morgan fingerprint density at radius 2 is 1.86 bits per heavy atom. The van der Waals surface area contributed by atoms with Gasteiger partial charge in [0, 0.05) is 43.0 Å². The van der Waals surface area contributed by atoms with E-state index in [1.165, 1.54) is 4.90 Å². The minimum absolute atomic E-state index is 0.00107. The maximum Gasteiger partial charge on any atom is 0.328 e. The molecule has 13 nitrogen and oxygen atoms in total. The van der Waals surface area contributed by atoms with E-state index in [0.717, 1.165) is 29.3 Å². The number of cyclic esters (lactones) is 1. The summed E-state index contributed by atoms with van der Waals surface area (Å²) in [6, 6.07) is 4.56. The molecule has 2 fully saturated rings. The number of guanidine groups is 1. The molecule has 0 radical (unpaired) electrons. The number of fused-ring (bicyclic) bond motifs is 2. The Kier molecular flexibility index (Phi) is 11.2. The average molecular weight is 612 g/mol. The van der Waals surface area contributed by atoms with E-state index in [0.29, 0.717) is 18.8 Å². The zero-order chi connectivity index (χ0) is 31.8. The zero-order valence-electron chi connectivity index (χ0n) is 25.5. The zero-order valence-corrected chi connectivity index (χ0v) is 25.5. The van der Waals surface area contributed by atoms with Crippen LogP contribution in [-0.4, -0.2) is 88.1 Å². The summed E-state index contributed by atoms with van der Waals surface area (Å²) in [6.07, 6.45) is 2.77. The summed E-state index contributed by atoms with van der Waals surface area (Å²) < 4.78 is 5.86. The van der Waals surface area contributed by atoms with Crippen LogP contribution in [0.5, 0.6) is 0 Å². The van der Waals surface area contributed by atoms with Gasteiger partial charge in [0.1, 0.15) is 24.2 Å². The molecule has 0 saturated carbocycles. The Hall–Kier alpha value is -4.13. The number of amides is 3. The van der Waals surface area contributed by atoms with Crippen molar-refractivity contribution in [3.05, 3.63) is 36.0 Å². The molecule has 13 heteroatoms. The molecule has 1 aromatic heterocycles. The van der Waals surface area contributed by atoms with Crippen LogP contribution in [0.2, 0.25) is 0 Å². The number of aromatic nitrogens is 1. The van der Waals surface area contributed by atoms with E-state index in [1.54, 1.807) is 6.20 Å². The van der Waals surface area contributed by atoms with Crippen molar-refractivity contribution in [3.63, 3.8) is 0 Å². The Balaban J connectivity index is 1.64. The lowest BCUT2D eigenvalue weighted by Gasteiger charge is -2.29. The fourth-order valence-electron chi connectivity index (χ4n) is 5.91. The van der Waals surface area contributed by atoms with Crippen molar-refractivity contribution in [2.45, 2.75) is 95.5 Å². The van der Waals surface area contributed by atoms with Gasteiger partial charge in [-0.05, 0) is 43.2 Å². The number of aliphatic hydroxyl groups excluding tert-OH is 1. The Bertz CT molecular complexity index is 1350. The number of hydrogen-bond acceptors (Lipinski definition) is 7. The Morgan fingerprint density at radius 1 is 1.09 bits per heavy atom. The molecule has 240 valence electrons. The number of carbonyl (C=O) groups excluding carboxylic acids is 4. The van der Waals surface area contributed by atoms with Gasteiger partial charge in [0.25, 0.3) is 0 Å². The molecule has 44 heavy (non-hydrogen) atoms. The van der Waals surface area contributed by atoms with E-state index in [1.807, 2.05) is 24.3 Å². The molecule has 0 spiro atoms. The Labute approximate surface area is 257 Å². The first-order valence-corrected chi connectivity index (χ1v) is 15.4. The lowest BCUT2D eigenvalue weighted by Crippen LogP contribution is -2.55. The molecule has 5 atom stereocenters. The quantitative estimate of drug-likeness (QED) is 0.0980. The normalized spacial score (nSPS) is 25.0. The fourth-order valence-corrected chi connectivity index (χ4v) is 5.91. The number of nitrogens with two attached hydrogens (primary N) is 2. The maximum absolute atomic E-state index is 14.1. The number of nitrogens with zero attached hydrogens (tertiary/aromatic N) is 2. The highest BCUT2D eigenvalue weighted by molar-refractivity contribution is 5.95. The molecule has 0 unspecified atom stereocenters. The lowest BCUT2D eigenvalue weighted by atomic mass is 10.0. The molecule has 0 aliphatic carbocycles. The summed E-state index contributed by atoms with van der Waals surface area (Å²) in [5, 5.41) is 17.1. The number of aromatic amines is 1. The van der Waals surface area contributed by atoms with E-state index >= 15 is 0 Å². The van der Waals surface area contributed by atoms with E-state index in [9.17, 15) is 24.3 Å². The Morgan fingerprint density at radius 3 is 2.61 bits per heavy atom. The van der Waals surface area contributed by atoms with Gasteiger partial charge in [-0.25, -0.2) is 4.79 Å². The second-order valence-electron chi connectivity index (χ2n) is 12.2. The number of H-pyrrole nitrogens is 1. The largest absolute Gasteiger partial charge is 0.460 e. The number of hydrogen-bond donors (Lipinski definition) is 6. The number of nitrogens with one attached hydrogen (secondary N) is 3. The molecule has 3 heterocycles. The van der Waals surface area contributed by atoms with Crippen LogP contribution in [0.1, 0.15) is 64.4 Å². The molecule has 2 aliphatic rings. The molecule has 0 bridgehead atoms. The highest BCUT2D eigenvalue weighted by atomic mass is 16.5. The molecule has 2 aliphatic heterocycles. The van der Waals surface area contributed by atoms with Gasteiger partial charge in [-0.15, -0.1) is 0 Å². The molecular formula is C31H45N7O6. The van der Waals surface area contributed by atoms with E-state index in [-0.39, 0.29) is 44.7 Å². The lowest BCUT2D eigenvalue weighted by molar-refractivity contribution is -0.155. The van der Waals surface area contributed by atoms with Crippen LogP contribution in [0, 0.1) is 5.92 Å². The van der Waals surface area contributed by atoms with Crippen LogP contribution in [0.25, 0.3) is 10.9 Å². The number of benzene rings is 1. The van der Waals surface area contributed by atoms with Crippen LogP contribution in [0.15, 0.2) is 35.5 Å². The predicted octanol–water partition coefficient (Wildman–Crippen LogP) is 0.837. The van der Waals surface area contributed by atoms with E-state index in [2.05, 4.69) is 34.5 Å². The van der Waals surface area contributed by atoms with E-state index in [4.69, 9.17) is 16.2 Å². The maximum atomic E-state index is 14.1. The van der Waals surface area contributed by atoms with Gasteiger partial charge < -0.3 is 41.8 Å². The van der Waals surface area contributed by atoms with Crippen LogP contribution in [-0.2, 0) is 30.3 Å². The molecule has 3 amide bonds. The number of para-hydroxylation sites is 1. The van der Waals surface area contributed by atoms with Gasteiger partial charge in [0.05, 0.1) is 12.5 Å². The van der Waals surface area contributed by atoms with E-state index < -0.39 is 54.0 Å². The number of rotatable bonds is 10. The highest BCUT2D eigenvalue weighted by Crippen LogP contribution is 2.24. The van der Waals surface area contributed by atoms with Crippen molar-refractivity contribution >= 4 is 40.6 Å². The standard InChI is InChI=1S/C31H45N7O6/c1-18(2)7-5-8-21-15-27(40)36-25(13-19-16-35-23-10-4-3-9-22(19)23)29(42)38-17-20(39)14-26(38)28(41)37-24(30(43)44-21)11-6-12-34-31(32)33/h3-4,9-10,16,18,20-21,24-26,35,39H,5-8,11-15,17H2,1-2H3,(H,36,40)(H,37,41)(H4,32,33,34)/t20-,21+,24+,25-,26+/m1/s1. The number of ether oxygens (including phenoxy) is 1. The summed E-state index contributed by atoms with van der Waals surface area (Å²) in [5.74, 6) is -1.82. The summed E-state index contributed by atoms with van der Waals surface area (Å²) in [5.41, 5.74) is 12.6. The summed E-state index contributed by atoms with van der Waals surface area (Å²) in [4.78, 5) is 63.0. The fraction of sp³-hybridized carbons (Fsp3) is 0.581. The SMILES string of the molecule is CC(C)CCC[C@H]1CC(=O)N[C@H](Cc2c[nH]c3ccccc23)C(=O)N2C[C@H](O)C[C@H]2C(=O)N[C@@H](CCCN=C(N)N)C(=O)O1. The summed E-state index contributed by atoms with van der Waals surface area (Å²) in [6.45, 7) is 4.35. The van der Waals surface area contributed by atoms with Crippen LogP contribution in [0.3, 0.4) is 0 Å². The van der Waals surface area contributed by atoms with Crippen molar-refractivity contribution in [2.24, 2.45) is 22.4 Å². The van der Waals surface area contributed by atoms with Crippen molar-refractivity contribution in [1.82, 2.24) is 20.5 Å². The van der Waals surface area contributed by atoms with Gasteiger partial charge in [-0.1, -0.05) is 38.5 Å². The van der Waals surface area contributed by atoms with Gasteiger partial charge in [-0.3, -0.25) is 19.4 Å². The highest BCUT2D eigenvalue weighted by Gasteiger charge is 2.43. The van der Waals surface area contributed by atoms with Crippen molar-refractivity contribution in [2.75, 3.05) is 13.1 Å². The second-order valence-corrected chi connectivity index (χ2v) is 12.2. The van der Waals surface area contributed by atoms with Crippen LogP contribution >= 0.6 is 0 Å². The molecule has 1 aromatic carbocycles. The van der Waals surface area contributed by atoms with Gasteiger partial charge in [-0.2, -0.15) is 0 Å². The van der Waals surface area contributed by atoms with Crippen LogP contribution < -0.4 is 22.1 Å². The summed E-state index contributed by atoms with van der Waals surface area (Å²) >= 11 is 0. The first kappa shape index (κ1) is 32.8. The third-order valence-corrected chi connectivity index (χ3v) is 8.15. The second kappa shape index (κ2) is 15.0. The van der Waals surface area contributed by atoms with Crippen molar-refractivity contribution in [1.29, 1.82) is 0 Å². The van der Waals surface area contributed by atoms with Crippen molar-refractivity contribution < 1.29 is 29.0 Å². The van der Waals surface area contributed by atoms with Crippen LogP contribution in [0.4, 0.5) is 0 Å². The number of aliphatic imine (C=N–C) groups is 1. The number of carbonyl (C=O) groups is 4. The topological polar surface area (TPSA) is 205 Å². The third kappa shape index (κ3) is 8.71. The minimum Gasteiger partial charge on any atom is -0.460 e.